The van der Waals surface area contributed by atoms with Crippen molar-refractivity contribution in [3.63, 3.8) is 0 Å². The number of nitrogens with zero attached hydrogens (tertiary/aromatic N) is 1. The predicted octanol–water partition coefficient (Wildman–Crippen LogP) is 5.30. The second-order valence-corrected chi connectivity index (χ2v) is 7.47. The van der Waals surface area contributed by atoms with E-state index in [1.54, 1.807) is 11.1 Å². The van der Waals surface area contributed by atoms with Gasteiger partial charge >= 0.3 is 0 Å². The molecule has 0 saturated carbocycles. The third-order valence-electron chi connectivity index (χ3n) is 6.04. The average Bonchev–Trinajstić information content (AvgIpc) is 2.88. The van der Waals surface area contributed by atoms with Crippen LogP contribution in [0.3, 0.4) is 0 Å². The topological polar surface area (TPSA) is 3.24 Å². The second kappa shape index (κ2) is 6.90. The van der Waals surface area contributed by atoms with Gasteiger partial charge in [-0.1, -0.05) is 60.5 Å². The van der Waals surface area contributed by atoms with Crippen molar-refractivity contribution < 1.29 is 0 Å². The Morgan fingerprint density at radius 3 is 2.38 bits per heavy atom. The summed E-state index contributed by atoms with van der Waals surface area (Å²) in [5, 5.41) is 0. The molecule has 0 N–H and O–H groups in total. The van der Waals surface area contributed by atoms with Gasteiger partial charge in [0.2, 0.25) is 0 Å². The number of hydrogen-bond donors (Lipinski definition) is 0. The Bertz CT molecular complexity index is 706. The summed E-state index contributed by atoms with van der Waals surface area (Å²) < 4.78 is 0. The van der Waals surface area contributed by atoms with Crippen molar-refractivity contribution in [1.82, 2.24) is 4.90 Å². The molecule has 2 heteroatoms. The van der Waals surface area contributed by atoms with E-state index in [-0.39, 0.29) is 12.4 Å². The minimum absolute atomic E-state index is 0. The standard InChI is InChI=1S/C22H27N.ClH/c1-4-23-12-11-19-21(14-23)18-10-7-16(3)13-20(18)22(19)17-8-5-15(2)6-9-17;/h5-10,13,19,21-22H,4,11-12,14H2,1-3H3;1H/t19-,21-,22+;/m0./s1. The number of halogens is 1. The number of aryl methyl sites for hydroxylation is 2. The van der Waals surface area contributed by atoms with Crippen LogP contribution >= 0.6 is 12.4 Å². The number of likely N-dealkylation sites (tertiary alicyclic amines) is 1. The molecule has 1 fully saturated rings. The van der Waals surface area contributed by atoms with Gasteiger partial charge < -0.3 is 4.90 Å². The molecule has 1 nitrogen and oxygen atoms in total. The molecule has 2 aromatic rings. The van der Waals surface area contributed by atoms with Gasteiger partial charge in [0.15, 0.2) is 0 Å². The number of piperidine rings is 1. The van der Waals surface area contributed by atoms with E-state index in [9.17, 15) is 0 Å². The summed E-state index contributed by atoms with van der Waals surface area (Å²) >= 11 is 0. The van der Waals surface area contributed by atoms with Gasteiger partial charge in [0.25, 0.3) is 0 Å². The largest absolute Gasteiger partial charge is 0.303 e. The second-order valence-electron chi connectivity index (χ2n) is 7.47. The van der Waals surface area contributed by atoms with Gasteiger partial charge in [0, 0.05) is 18.4 Å². The number of rotatable bonds is 2. The first-order valence-corrected chi connectivity index (χ1v) is 9.06. The van der Waals surface area contributed by atoms with Gasteiger partial charge in [-0.25, -0.2) is 0 Å². The van der Waals surface area contributed by atoms with Crippen LogP contribution in [0.2, 0.25) is 0 Å². The van der Waals surface area contributed by atoms with Gasteiger partial charge in [-0.2, -0.15) is 0 Å². The molecule has 1 heterocycles. The van der Waals surface area contributed by atoms with Crippen LogP contribution in [0.25, 0.3) is 0 Å². The Labute approximate surface area is 152 Å². The van der Waals surface area contributed by atoms with E-state index in [1.807, 2.05) is 0 Å². The highest BCUT2D eigenvalue weighted by molar-refractivity contribution is 5.85. The zero-order valence-corrected chi connectivity index (χ0v) is 15.8. The van der Waals surface area contributed by atoms with Crippen LogP contribution in [-0.4, -0.2) is 24.5 Å². The molecule has 0 spiro atoms. The molecule has 1 saturated heterocycles. The Balaban J connectivity index is 0.00000169. The zero-order valence-electron chi connectivity index (χ0n) is 15.0. The highest BCUT2D eigenvalue weighted by atomic mass is 35.5. The maximum absolute atomic E-state index is 2.63. The fourth-order valence-corrected chi connectivity index (χ4v) is 4.79. The van der Waals surface area contributed by atoms with Crippen molar-refractivity contribution in [2.24, 2.45) is 5.92 Å². The highest BCUT2D eigenvalue weighted by Crippen LogP contribution is 2.53. The minimum Gasteiger partial charge on any atom is -0.303 e. The van der Waals surface area contributed by atoms with Gasteiger partial charge in [-0.3, -0.25) is 0 Å². The normalized spacial score (nSPS) is 25.7. The first kappa shape index (κ1) is 17.5. The van der Waals surface area contributed by atoms with Crippen LogP contribution in [0.5, 0.6) is 0 Å². The van der Waals surface area contributed by atoms with Crippen molar-refractivity contribution >= 4 is 12.4 Å². The van der Waals surface area contributed by atoms with E-state index in [2.05, 4.69) is 68.1 Å². The lowest BCUT2D eigenvalue weighted by Gasteiger charge is -2.37. The third-order valence-corrected chi connectivity index (χ3v) is 6.04. The van der Waals surface area contributed by atoms with Crippen LogP contribution < -0.4 is 0 Å². The maximum atomic E-state index is 2.63. The predicted molar refractivity (Wildman–Crippen MR) is 104 cm³/mol. The number of hydrogen-bond acceptors (Lipinski definition) is 1. The van der Waals surface area contributed by atoms with E-state index in [1.165, 1.54) is 42.7 Å². The summed E-state index contributed by atoms with van der Waals surface area (Å²) in [6, 6.07) is 16.4. The molecule has 4 rings (SSSR count). The van der Waals surface area contributed by atoms with E-state index in [0.29, 0.717) is 11.8 Å². The lowest BCUT2D eigenvalue weighted by molar-refractivity contribution is 0.167. The van der Waals surface area contributed by atoms with Gasteiger partial charge in [0.1, 0.15) is 0 Å². The summed E-state index contributed by atoms with van der Waals surface area (Å²) in [5.41, 5.74) is 7.48. The van der Waals surface area contributed by atoms with Gasteiger partial charge in [0.05, 0.1) is 0 Å². The molecule has 0 unspecified atom stereocenters. The molecular formula is C22H28ClN. The van der Waals surface area contributed by atoms with Crippen LogP contribution in [0, 0.1) is 19.8 Å². The molecule has 2 aliphatic rings. The summed E-state index contributed by atoms with van der Waals surface area (Å²) in [5.74, 6) is 2.08. The van der Waals surface area contributed by atoms with E-state index >= 15 is 0 Å². The molecule has 2 aromatic carbocycles. The molecule has 1 aliphatic carbocycles. The number of benzene rings is 2. The first-order valence-electron chi connectivity index (χ1n) is 9.06. The Hall–Kier alpha value is -1.31. The van der Waals surface area contributed by atoms with E-state index in [4.69, 9.17) is 0 Å². The third kappa shape index (κ3) is 2.89. The van der Waals surface area contributed by atoms with Crippen molar-refractivity contribution in [3.8, 4) is 0 Å². The monoisotopic (exact) mass is 341 g/mol. The lowest BCUT2D eigenvalue weighted by atomic mass is 9.78. The Morgan fingerprint density at radius 1 is 0.958 bits per heavy atom. The van der Waals surface area contributed by atoms with Crippen LogP contribution in [0.15, 0.2) is 42.5 Å². The molecule has 0 bridgehead atoms. The van der Waals surface area contributed by atoms with Gasteiger partial charge in [-0.15, -0.1) is 12.4 Å². The Kier molecular flexibility index (Phi) is 5.03. The number of likely N-dealkylation sites (N-methyl/N-ethyl adjacent to an activating group) is 1. The number of fused-ring (bicyclic) bond motifs is 3. The van der Waals surface area contributed by atoms with Gasteiger partial charge in [-0.05, 0) is 56.0 Å². The van der Waals surface area contributed by atoms with Crippen molar-refractivity contribution in [2.75, 3.05) is 19.6 Å². The summed E-state index contributed by atoms with van der Waals surface area (Å²) in [6.07, 6.45) is 1.32. The van der Waals surface area contributed by atoms with E-state index < -0.39 is 0 Å². The molecule has 24 heavy (non-hydrogen) atoms. The van der Waals surface area contributed by atoms with Crippen molar-refractivity contribution in [3.05, 3.63) is 70.3 Å². The van der Waals surface area contributed by atoms with E-state index in [0.717, 1.165) is 5.92 Å². The molecule has 0 aromatic heterocycles. The highest BCUT2D eigenvalue weighted by Gasteiger charge is 2.43. The molecule has 128 valence electrons. The Morgan fingerprint density at radius 2 is 1.67 bits per heavy atom. The fourth-order valence-electron chi connectivity index (χ4n) is 4.79. The quantitative estimate of drug-likeness (QED) is 0.716. The SMILES string of the molecule is CCN1CC[C@@H]2[C@@H](c3ccc(C)cc3)c3cc(C)ccc3[C@@H]2C1.Cl. The molecule has 0 amide bonds. The van der Waals surface area contributed by atoms with Crippen LogP contribution in [-0.2, 0) is 0 Å². The molecule has 0 radical (unpaired) electrons. The van der Waals surface area contributed by atoms with Crippen molar-refractivity contribution in [1.29, 1.82) is 0 Å². The average molecular weight is 342 g/mol. The minimum atomic E-state index is 0. The fraction of sp³-hybridized carbons (Fsp3) is 0.455. The summed E-state index contributed by atoms with van der Waals surface area (Å²) in [4.78, 5) is 2.63. The lowest BCUT2D eigenvalue weighted by Crippen LogP contribution is -2.38. The molecule has 1 aliphatic heterocycles. The summed E-state index contributed by atoms with van der Waals surface area (Å²) in [6.45, 7) is 10.4. The smallest absolute Gasteiger partial charge is 0.0127 e. The first-order chi connectivity index (χ1) is 11.2. The maximum Gasteiger partial charge on any atom is 0.0127 e. The van der Waals surface area contributed by atoms with Crippen molar-refractivity contribution in [2.45, 2.75) is 39.0 Å². The zero-order chi connectivity index (χ0) is 16.0. The summed E-state index contributed by atoms with van der Waals surface area (Å²) in [7, 11) is 0. The van der Waals surface area contributed by atoms with Crippen LogP contribution in [0.4, 0.5) is 0 Å². The van der Waals surface area contributed by atoms with Crippen LogP contribution in [0.1, 0.15) is 53.0 Å². The molecule has 3 atom stereocenters. The molecular weight excluding hydrogens is 314 g/mol.